The van der Waals surface area contributed by atoms with Crippen molar-refractivity contribution in [3.63, 3.8) is 0 Å². The Hall–Kier alpha value is -2.74. The minimum Gasteiger partial charge on any atom is -0.507 e. The predicted molar refractivity (Wildman–Crippen MR) is 170 cm³/mol. The standard InChI is InChI=1S/C40H46O2/c1-23-6-33(37(41)35(8-23)39-17-25-10-26(18-39)12-27(11-25)19-39)31-4-3-5-32(16-31)34-7-24(2)9-36(38(34)42)40-20-28-13-29(21-40)15-30(14-28)22-40/h3-9,16,25-30,41-42H,10-15,17-22H2,1-2H3. The van der Waals surface area contributed by atoms with Crippen LogP contribution in [0.25, 0.3) is 22.3 Å². The van der Waals surface area contributed by atoms with Gasteiger partial charge < -0.3 is 10.2 Å². The summed E-state index contributed by atoms with van der Waals surface area (Å²) in [6, 6.07) is 17.6. The summed E-state index contributed by atoms with van der Waals surface area (Å²) in [6.45, 7) is 4.39. The van der Waals surface area contributed by atoms with Crippen molar-refractivity contribution < 1.29 is 10.2 Å². The van der Waals surface area contributed by atoms with Crippen molar-refractivity contribution in [2.75, 3.05) is 0 Å². The fourth-order valence-electron chi connectivity index (χ4n) is 12.5. The topological polar surface area (TPSA) is 40.5 Å². The lowest BCUT2D eigenvalue weighted by Crippen LogP contribution is -2.48. The highest BCUT2D eigenvalue weighted by Crippen LogP contribution is 2.64. The van der Waals surface area contributed by atoms with Crippen LogP contribution in [0.15, 0.2) is 48.5 Å². The molecule has 0 unspecified atom stereocenters. The van der Waals surface area contributed by atoms with Crippen molar-refractivity contribution in [3.8, 4) is 33.8 Å². The van der Waals surface area contributed by atoms with Crippen molar-refractivity contribution in [2.24, 2.45) is 35.5 Å². The van der Waals surface area contributed by atoms with Crippen molar-refractivity contribution >= 4 is 0 Å². The minimum atomic E-state index is 0.152. The number of benzene rings is 3. The molecule has 0 aromatic heterocycles. The lowest BCUT2D eigenvalue weighted by atomic mass is 9.48. The molecule has 218 valence electrons. The Bertz CT molecular complexity index is 1410. The molecule has 3 aromatic rings. The average molecular weight is 559 g/mol. The Morgan fingerprint density at radius 1 is 0.500 bits per heavy atom. The van der Waals surface area contributed by atoms with E-state index in [9.17, 15) is 10.2 Å². The van der Waals surface area contributed by atoms with Gasteiger partial charge in [-0.3, -0.25) is 0 Å². The predicted octanol–water partition coefficient (Wildman–Crippen LogP) is 9.98. The Kier molecular flexibility index (Phi) is 5.45. The summed E-state index contributed by atoms with van der Waals surface area (Å²) >= 11 is 0. The van der Waals surface area contributed by atoms with Gasteiger partial charge in [0.1, 0.15) is 11.5 Å². The quantitative estimate of drug-likeness (QED) is 0.334. The van der Waals surface area contributed by atoms with Crippen LogP contribution in [0.2, 0.25) is 0 Å². The second-order valence-corrected chi connectivity index (χ2v) is 16.4. The highest BCUT2D eigenvalue weighted by molar-refractivity contribution is 5.81. The molecule has 2 N–H and O–H groups in total. The SMILES string of the molecule is Cc1cc(-c2cccc(-c3cc(C)cc(C45CC6CC(CC(C6)C4)C5)c3O)c2)c(O)c(C23CC4CC(CC(C4)C2)C3)c1. The molecule has 2 heteroatoms. The summed E-state index contributed by atoms with van der Waals surface area (Å²) in [7, 11) is 0. The molecule has 11 rings (SSSR count). The van der Waals surface area contributed by atoms with Crippen LogP contribution >= 0.6 is 0 Å². The lowest BCUT2D eigenvalue weighted by molar-refractivity contribution is -0.00627. The number of hydrogen-bond acceptors (Lipinski definition) is 2. The average Bonchev–Trinajstić information content (AvgIpc) is 2.93. The van der Waals surface area contributed by atoms with Crippen molar-refractivity contribution in [1.29, 1.82) is 0 Å². The van der Waals surface area contributed by atoms with Gasteiger partial charge in [-0.1, -0.05) is 30.3 Å². The minimum absolute atomic E-state index is 0.152. The van der Waals surface area contributed by atoms with Crippen LogP contribution in [-0.4, -0.2) is 10.2 Å². The van der Waals surface area contributed by atoms with Gasteiger partial charge in [-0.2, -0.15) is 0 Å². The molecule has 8 saturated carbocycles. The van der Waals surface area contributed by atoms with Crippen molar-refractivity contribution in [1.82, 2.24) is 0 Å². The summed E-state index contributed by atoms with van der Waals surface area (Å²) < 4.78 is 0. The van der Waals surface area contributed by atoms with Crippen LogP contribution in [0.4, 0.5) is 0 Å². The van der Waals surface area contributed by atoms with Gasteiger partial charge in [0.15, 0.2) is 0 Å². The molecule has 0 saturated heterocycles. The van der Waals surface area contributed by atoms with E-state index < -0.39 is 0 Å². The van der Waals surface area contributed by atoms with Gasteiger partial charge in [-0.15, -0.1) is 0 Å². The van der Waals surface area contributed by atoms with E-state index in [1.165, 1.54) is 99.3 Å². The number of hydrogen-bond donors (Lipinski definition) is 2. The van der Waals surface area contributed by atoms with E-state index in [0.29, 0.717) is 11.5 Å². The monoisotopic (exact) mass is 558 g/mol. The molecule has 0 spiro atoms. The molecule has 0 radical (unpaired) electrons. The van der Waals surface area contributed by atoms with Gasteiger partial charge in [0, 0.05) is 22.3 Å². The first-order valence-electron chi connectivity index (χ1n) is 17.0. The van der Waals surface area contributed by atoms with E-state index in [1.807, 2.05) is 0 Å². The zero-order valence-electron chi connectivity index (χ0n) is 25.5. The molecule has 8 fully saturated rings. The zero-order chi connectivity index (χ0) is 28.4. The molecule has 8 aliphatic carbocycles. The van der Waals surface area contributed by atoms with Crippen LogP contribution in [0.1, 0.15) is 99.3 Å². The van der Waals surface area contributed by atoms with Crippen molar-refractivity contribution in [2.45, 2.75) is 102 Å². The Balaban J connectivity index is 1.12. The maximum Gasteiger partial charge on any atom is 0.127 e. The van der Waals surface area contributed by atoms with Gasteiger partial charge in [-0.25, -0.2) is 0 Å². The molecule has 8 bridgehead atoms. The largest absolute Gasteiger partial charge is 0.507 e. The summed E-state index contributed by atoms with van der Waals surface area (Å²) in [5.41, 5.74) is 9.22. The molecule has 42 heavy (non-hydrogen) atoms. The number of phenolic OH excluding ortho intramolecular Hbond substituents is 2. The van der Waals surface area contributed by atoms with Gasteiger partial charge >= 0.3 is 0 Å². The summed E-state index contributed by atoms with van der Waals surface area (Å²) in [5.74, 6) is 6.06. The molecular formula is C40H46O2. The second kappa shape index (κ2) is 8.90. The van der Waals surface area contributed by atoms with Crippen LogP contribution < -0.4 is 0 Å². The lowest BCUT2D eigenvalue weighted by Gasteiger charge is -2.57. The third-order valence-electron chi connectivity index (χ3n) is 13.2. The summed E-state index contributed by atoms with van der Waals surface area (Å²) in [5, 5.41) is 24.0. The van der Waals surface area contributed by atoms with E-state index in [4.69, 9.17) is 0 Å². The van der Waals surface area contributed by atoms with Gasteiger partial charge in [0.05, 0.1) is 0 Å². The molecule has 0 amide bonds. The first-order chi connectivity index (χ1) is 20.3. The fraction of sp³-hybridized carbons (Fsp3) is 0.550. The first kappa shape index (κ1) is 25.7. The highest BCUT2D eigenvalue weighted by atomic mass is 16.3. The first-order valence-corrected chi connectivity index (χ1v) is 17.0. The Morgan fingerprint density at radius 2 is 0.833 bits per heavy atom. The highest BCUT2D eigenvalue weighted by Gasteiger charge is 2.54. The van der Waals surface area contributed by atoms with Crippen LogP contribution in [0.5, 0.6) is 11.5 Å². The zero-order valence-corrected chi connectivity index (χ0v) is 25.5. The molecular weight excluding hydrogens is 512 g/mol. The fourth-order valence-corrected chi connectivity index (χ4v) is 12.5. The maximum atomic E-state index is 12.0. The number of rotatable bonds is 4. The number of aryl methyl sites for hydroxylation is 2. The van der Waals surface area contributed by atoms with E-state index in [1.54, 1.807) is 0 Å². The normalized spacial score (nSPS) is 37.5. The Morgan fingerprint density at radius 3 is 1.17 bits per heavy atom. The molecule has 2 nitrogen and oxygen atoms in total. The molecule has 0 heterocycles. The van der Waals surface area contributed by atoms with Gasteiger partial charge in [-0.05, 0) is 178 Å². The molecule has 8 aliphatic rings. The van der Waals surface area contributed by atoms with Crippen LogP contribution in [0, 0.1) is 49.4 Å². The molecule has 0 aliphatic heterocycles. The third-order valence-corrected chi connectivity index (χ3v) is 13.2. The Labute approximate surface area is 251 Å². The second-order valence-electron chi connectivity index (χ2n) is 16.4. The van der Waals surface area contributed by atoms with Gasteiger partial charge in [0.2, 0.25) is 0 Å². The van der Waals surface area contributed by atoms with E-state index >= 15 is 0 Å². The molecule has 3 aromatic carbocycles. The smallest absolute Gasteiger partial charge is 0.127 e. The number of phenols is 2. The van der Waals surface area contributed by atoms with Crippen molar-refractivity contribution in [3.05, 3.63) is 70.8 Å². The van der Waals surface area contributed by atoms with E-state index in [-0.39, 0.29) is 10.8 Å². The van der Waals surface area contributed by atoms with Crippen LogP contribution in [0.3, 0.4) is 0 Å². The summed E-state index contributed by atoms with van der Waals surface area (Å²) in [6.07, 6.45) is 16.0. The third kappa shape index (κ3) is 3.82. The summed E-state index contributed by atoms with van der Waals surface area (Å²) in [4.78, 5) is 0. The number of aromatic hydroxyl groups is 2. The van der Waals surface area contributed by atoms with Gasteiger partial charge in [0.25, 0.3) is 0 Å². The maximum absolute atomic E-state index is 12.0. The van der Waals surface area contributed by atoms with E-state index in [0.717, 1.165) is 57.8 Å². The van der Waals surface area contributed by atoms with E-state index in [2.05, 4.69) is 62.4 Å². The molecule has 0 atom stereocenters. The van der Waals surface area contributed by atoms with Crippen LogP contribution in [-0.2, 0) is 10.8 Å².